The fourth-order valence-electron chi connectivity index (χ4n) is 2.08. The summed E-state index contributed by atoms with van der Waals surface area (Å²) in [4.78, 5) is 11.8. The number of hydrazine groups is 1. The molecule has 19 heavy (non-hydrogen) atoms. The van der Waals surface area contributed by atoms with E-state index in [0.717, 1.165) is 11.3 Å². The van der Waals surface area contributed by atoms with Crippen molar-refractivity contribution in [3.8, 4) is 0 Å². The second-order valence-electron chi connectivity index (χ2n) is 4.76. The lowest BCUT2D eigenvalue weighted by Gasteiger charge is -2.21. The van der Waals surface area contributed by atoms with Crippen LogP contribution >= 0.6 is 0 Å². The molecule has 0 radical (unpaired) electrons. The largest absolute Gasteiger partial charge is 0.396 e. The van der Waals surface area contributed by atoms with Crippen LogP contribution in [0.1, 0.15) is 5.56 Å². The van der Waals surface area contributed by atoms with Crippen LogP contribution in [0.25, 0.3) is 0 Å². The van der Waals surface area contributed by atoms with E-state index in [9.17, 15) is 15.0 Å². The van der Waals surface area contributed by atoms with Gasteiger partial charge in [-0.2, -0.15) is 0 Å². The highest BCUT2D eigenvalue weighted by molar-refractivity contribution is 5.88. The fourth-order valence-corrected chi connectivity index (χ4v) is 2.08. The molecule has 1 aromatic rings. The van der Waals surface area contributed by atoms with Crippen LogP contribution in [0.5, 0.6) is 0 Å². The number of hydrogen-bond donors (Lipinski definition) is 4. The molecule has 1 amide bonds. The minimum absolute atomic E-state index is 0.0952. The summed E-state index contributed by atoms with van der Waals surface area (Å²) in [5, 5.41) is 29.0. The van der Waals surface area contributed by atoms with Crippen LogP contribution in [0.15, 0.2) is 24.3 Å². The Kier molecular flexibility index (Phi) is 4.04. The Morgan fingerprint density at radius 3 is 2.26 bits per heavy atom. The summed E-state index contributed by atoms with van der Waals surface area (Å²) in [7, 11) is 0. The first-order chi connectivity index (χ1) is 9.15. The van der Waals surface area contributed by atoms with Crippen molar-refractivity contribution in [1.82, 2.24) is 5.43 Å². The smallest absolute Gasteiger partial charge is 0.251 e. The molecule has 0 atom stereocenters. The zero-order valence-corrected chi connectivity index (χ0v) is 10.5. The van der Waals surface area contributed by atoms with Gasteiger partial charge in [0.05, 0.1) is 25.4 Å². The number of amides is 1. The van der Waals surface area contributed by atoms with Gasteiger partial charge >= 0.3 is 0 Å². The lowest BCUT2D eigenvalue weighted by atomic mass is 9.90. The molecule has 1 aromatic carbocycles. The predicted molar refractivity (Wildman–Crippen MR) is 69.3 cm³/mol. The van der Waals surface area contributed by atoms with Crippen molar-refractivity contribution in [3.63, 3.8) is 0 Å². The van der Waals surface area contributed by atoms with Crippen LogP contribution in [0.4, 0.5) is 5.69 Å². The molecule has 2 rings (SSSR count). The van der Waals surface area contributed by atoms with Crippen LogP contribution in [0, 0.1) is 5.41 Å². The summed E-state index contributed by atoms with van der Waals surface area (Å²) in [6.45, 7) is -0.473. The van der Waals surface area contributed by atoms with E-state index in [0.29, 0.717) is 6.42 Å². The van der Waals surface area contributed by atoms with Crippen molar-refractivity contribution in [1.29, 1.82) is 0 Å². The van der Waals surface area contributed by atoms with Crippen LogP contribution in [0.3, 0.4) is 0 Å². The highest BCUT2D eigenvalue weighted by Gasteiger charge is 2.45. The maximum atomic E-state index is 11.8. The first-order valence-corrected chi connectivity index (χ1v) is 6.15. The lowest BCUT2D eigenvalue weighted by Crippen LogP contribution is -2.39. The second-order valence-corrected chi connectivity index (χ2v) is 4.76. The number of hydrogen-bond acceptors (Lipinski definition) is 5. The van der Waals surface area contributed by atoms with E-state index < -0.39 is 18.6 Å². The van der Waals surface area contributed by atoms with Gasteiger partial charge in [-0.15, -0.1) is 0 Å². The Hall–Kier alpha value is -1.63. The number of aliphatic hydroxyl groups excluding tert-OH is 3. The molecule has 0 aliphatic carbocycles. The summed E-state index contributed by atoms with van der Waals surface area (Å²) in [5.74, 6) is -0.378. The lowest BCUT2D eigenvalue weighted by molar-refractivity contribution is -0.131. The average Bonchev–Trinajstić information content (AvgIpc) is 2.78. The van der Waals surface area contributed by atoms with E-state index in [1.807, 2.05) is 24.3 Å². The quantitative estimate of drug-likeness (QED) is 0.551. The first kappa shape index (κ1) is 13.8. The van der Waals surface area contributed by atoms with Crippen molar-refractivity contribution in [2.75, 3.05) is 31.4 Å². The van der Waals surface area contributed by atoms with Crippen LogP contribution in [-0.4, -0.2) is 47.6 Å². The minimum Gasteiger partial charge on any atom is -0.396 e. The molecule has 6 heteroatoms. The van der Waals surface area contributed by atoms with Gasteiger partial charge in [0.25, 0.3) is 5.91 Å². The normalized spacial score (nSPS) is 17.6. The van der Waals surface area contributed by atoms with Crippen molar-refractivity contribution < 1.29 is 20.1 Å². The highest BCUT2D eigenvalue weighted by atomic mass is 16.3. The molecular weight excluding hydrogens is 248 g/mol. The number of benzene rings is 1. The van der Waals surface area contributed by atoms with Gasteiger partial charge < -0.3 is 15.3 Å². The summed E-state index contributed by atoms with van der Waals surface area (Å²) in [6.07, 6.45) is 0.587. The number of rotatable bonds is 5. The van der Waals surface area contributed by atoms with Gasteiger partial charge in [0, 0.05) is 6.61 Å². The number of nitrogens with one attached hydrogen (secondary N) is 1. The zero-order chi connectivity index (χ0) is 13.9. The van der Waals surface area contributed by atoms with E-state index in [4.69, 9.17) is 5.11 Å². The Bertz CT molecular complexity index is 442. The van der Waals surface area contributed by atoms with Gasteiger partial charge in [0.15, 0.2) is 0 Å². The number of carbonyl (C=O) groups is 1. The Morgan fingerprint density at radius 1 is 1.16 bits per heavy atom. The zero-order valence-electron chi connectivity index (χ0n) is 10.5. The maximum absolute atomic E-state index is 11.8. The molecule has 0 spiro atoms. The maximum Gasteiger partial charge on any atom is 0.251 e. The molecule has 1 heterocycles. The van der Waals surface area contributed by atoms with Gasteiger partial charge in [-0.1, -0.05) is 12.1 Å². The summed E-state index contributed by atoms with van der Waals surface area (Å²) >= 11 is 0. The third-order valence-electron chi connectivity index (χ3n) is 3.43. The molecular formula is C13H18N2O4. The van der Waals surface area contributed by atoms with Gasteiger partial charge in [-0.05, 0) is 24.1 Å². The molecule has 4 N–H and O–H groups in total. The second kappa shape index (κ2) is 5.56. The van der Waals surface area contributed by atoms with Crippen molar-refractivity contribution >= 4 is 11.6 Å². The van der Waals surface area contributed by atoms with Crippen molar-refractivity contribution in [2.45, 2.75) is 6.42 Å². The Balaban J connectivity index is 2.13. The van der Waals surface area contributed by atoms with Gasteiger partial charge in [-0.25, -0.2) is 0 Å². The number of anilines is 1. The molecule has 0 unspecified atom stereocenters. The van der Waals surface area contributed by atoms with Crippen molar-refractivity contribution in [3.05, 3.63) is 29.8 Å². The van der Waals surface area contributed by atoms with Gasteiger partial charge in [0.1, 0.15) is 5.41 Å². The number of carbonyl (C=O) groups excluding carboxylic acids is 1. The third-order valence-corrected chi connectivity index (χ3v) is 3.43. The van der Waals surface area contributed by atoms with E-state index in [-0.39, 0.29) is 19.1 Å². The van der Waals surface area contributed by atoms with E-state index >= 15 is 0 Å². The molecule has 1 aliphatic rings. The molecule has 6 nitrogen and oxygen atoms in total. The topological polar surface area (TPSA) is 93.0 Å². The van der Waals surface area contributed by atoms with Gasteiger partial charge in [0.2, 0.25) is 0 Å². The Labute approximate surface area is 111 Å². The summed E-state index contributed by atoms with van der Waals surface area (Å²) < 4.78 is 0. The third kappa shape index (κ3) is 2.56. The Morgan fingerprint density at radius 2 is 1.79 bits per heavy atom. The van der Waals surface area contributed by atoms with Gasteiger partial charge in [-0.3, -0.25) is 15.2 Å². The SMILES string of the molecule is O=C1NN(c2ccc(CCO)cc2)CC1(CO)CO. The average molecular weight is 266 g/mol. The molecule has 1 saturated heterocycles. The molecule has 1 aliphatic heterocycles. The van der Waals surface area contributed by atoms with E-state index in [2.05, 4.69) is 5.43 Å². The van der Waals surface area contributed by atoms with E-state index in [1.165, 1.54) is 0 Å². The minimum atomic E-state index is -1.15. The highest BCUT2D eigenvalue weighted by Crippen LogP contribution is 2.27. The molecule has 0 aromatic heterocycles. The monoisotopic (exact) mass is 266 g/mol. The molecule has 0 bridgehead atoms. The number of nitrogens with zero attached hydrogens (tertiary/aromatic N) is 1. The van der Waals surface area contributed by atoms with Crippen LogP contribution in [0.2, 0.25) is 0 Å². The molecule has 104 valence electrons. The van der Waals surface area contributed by atoms with Crippen LogP contribution < -0.4 is 10.4 Å². The summed E-state index contributed by atoms with van der Waals surface area (Å²) in [6, 6.07) is 7.40. The molecule has 0 saturated carbocycles. The fraction of sp³-hybridized carbons (Fsp3) is 0.462. The van der Waals surface area contributed by atoms with E-state index in [1.54, 1.807) is 5.01 Å². The first-order valence-electron chi connectivity index (χ1n) is 6.15. The van der Waals surface area contributed by atoms with Crippen molar-refractivity contribution in [2.24, 2.45) is 5.41 Å². The predicted octanol–water partition coefficient (Wildman–Crippen LogP) is -0.956. The standard InChI is InChI=1S/C13H18N2O4/c16-6-5-10-1-3-11(4-2-10)15-7-13(8-17,9-18)12(19)14-15/h1-4,16-18H,5-9H2,(H,14,19). The number of aliphatic hydroxyl groups is 3. The van der Waals surface area contributed by atoms with Crippen LogP contribution in [-0.2, 0) is 11.2 Å². The molecule has 1 fully saturated rings. The summed E-state index contributed by atoms with van der Waals surface area (Å²) in [5.41, 5.74) is 3.27.